The molecule has 1 aliphatic carbocycles. The fraction of sp³-hybridized carbons (Fsp3) is 0.714. The van der Waals surface area contributed by atoms with Crippen molar-refractivity contribution in [2.45, 2.75) is 84.3 Å². The predicted molar refractivity (Wildman–Crippen MR) is 104 cm³/mol. The van der Waals surface area contributed by atoms with E-state index in [4.69, 9.17) is 5.11 Å². The van der Waals surface area contributed by atoms with Crippen molar-refractivity contribution in [2.24, 2.45) is 11.8 Å². The summed E-state index contributed by atoms with van der Waals surface area (Å²) < 4.78 is 0. The number of ketones is 1. The predicted octanol–water partition coefficient (Wildman–Crippen LogP) is 3.89. The maximum absolute atomic E-state index is 12.1. The number of aliphatic carboxylic acids is 1. The molecule has 0 aromatic rings. The highest BCUT2D eigenvalue weighted by Crippen LogP contribution is 2.33. The van der Waals surface area contributed by atoms with Crippen LogP contribution in [0.5, 0.6) is 0 Å². The number of aliphatic hydroxyl groups excluding tert-OH is 2. The zero-order valence-electron chi connectivity index (χ0n) is 15.1. The third-order valence-electron chi connectivity index (χ3n) is 4.71. The van der Waals surface area contributed by atoms with Gasteiger partial charge in [-0.1, -0.05) is 57.9 Å². The molecule has 0 aliphatic heterocycles. The van der Waals surface area contributed by atoms with E-state index in [0.717, 1.165) is 19.3 Å². The quantitative estimate of drug-likeness (QED) is 0.359. The first-order valence-electron chi connectivity index (χ1n) is 9.39. The van der Waals surface area contributed by atoms with Crippen molar-refractivity contribution in [2.75, 3.05) is 0 Å². The Balaban J connectivity index is 0.00000625. The van der Waals surface area contributed by atoms with Crippen LogP contribution in [0.4, 0.5) is 0 Å². The molecule has 0 radical (unpaired) electrons. The second-order valence-corrected chi connectivity index (χ2v) is 6.86. The summed E-state index contributed by atoms with van der Waals surface area (Å²) in [5.74, 6) is -1.26. The maximum atomic E-state index is 12.1. The number of carbonyl (C=O) groups is 2. The fourth-order valence-electron chi connectivity index (χ4n) is 3.22. The van der Waals surface area contributed by atoms with E-state index < -0.39 is 18.2 Å². The summed E-state index contributed by atoms with van der Waals surface area (Å²) in [4.78, 5) is 22.5. The maximum Gasteiger partial charge on any atom is 0.303 e. The first kappa shape index (κ1) is 24.5. The van der Waals surface area contributed by atoms with Gasteiger partial charge >= 0.3 is 5.97 Å². The lowest BCUT2D eigenvalue weighted by Gasteiger charge is -2.16. The van der Waals surface area contributed by atoms with Gasteiger partial charge < -0.3 is 15.3 Å². The van der Waals surface area contributed by atoms with Gasteiger partial charge in [-0.25, -0.2) is 0 Å². The van der Waals surface area contributed by atoms with Gasteiger partial charge in [-0.2, -0.15) is 0 Å². The van der Waals surface area contributed by atoms with Crippen LogP contribution >= 0.6 is 0 Å². The van der Waals surface area contributed by atoms with Crippen LogP contribution in [-0.4, -0.2) is 39.3 Å². The lowest BCUT2D eigenvalue weighted by Crippen LogP contribution is -2.18. The molecule has 1 rings (SSSR count). The van der Waals surface area contributed by atoms with Gasteiger partial charge in [0.25, 0.3) is 0 Å². The van der Waals surface area contributed by atoms with Crippen LogP contribution in [0.25, 0.3) is 0 Å². The summed E-state index contributed by atoms with van der Waals surface area (Å²) in [5, 5.41) is 28.7. The minimum absolute atomic E-state index is 0. The van der Waals surface area contributed by atoms with E-state index in [1.54, 1.807) is 12.2 Å². The molecule has 4 atom stereocenters. The SMILES string of the molecule is C.CCCCC[C@H](O)/C=C/C1C(C/C=C\CCCC(=O)O)C(=O)C[C@H]1O. The van der Waals surface area contributed by atoms with Gasteiger partial charge in [0.1, 0.15) is 5.78 Å². The zero-order valence-corrected chi connectivity index (χ0v) is 15.1. The Hall–Kier alpha value is -1.46. The molecule has 1 saturated carbocycles. The lowest BCUT2D eigenvalue weighted by molar-refractivity contribution is -0.137. The second kappa shape index (κ2) is 13.7. The number of rotatable bonds is 12. The average molecular weight is 369 g/mol. The molecule has 0 saturated heterocycles. The highest BCUT2D eigenvalue weighted by molar-refractivity contribution is 5.84. The van der Waals surface area contributed by atoms with Gasteiger partial charge in [-0.3, -0.25) is 9.59 Å². The van der Waals surface area contributed by atoms with Gasteiger partial charge in [0.2, 0.25) is 0 Å². The summed E-state index contributed by atoms with van der Waals surface area (Å²) in [6.45, 7) is 2.11. The second-order valence-electron chi connectivity index (χ2n) is 6.86. The van der Waals surface area contributed by atoms with Crippen molar-refractivity contribution in [3.8, 4) is 0 Å². The van der Waals surface area contributed by atoms with Crippen molar-refractivity contribution >= 4 is 11.8 Å². The number of unbranched alkanes of at least 4 members (excludes halogenated alkanes) is 3. The van der Waals surface area contributed by atoms with Crippen molar-refractivity contribution in [1.29, 1.82) is 0 Å². The molecule has 1 fully saturated rings. The number of carbonyl (C=O) groups excluding carboxylic acids is 1. The van der Waals surface area contributed by atoms with Crippen molar-refractivity contribution in [3.63, 3.8) is 0 Å². The zero-order chi connectivity index (χ0) is 18.7. The number of carboxylic acid groups (broad SMARTS) is 1. The molecule has 0 amide bonds. The Morgan fingerprint density at radius 3 is 2.65 bits per heavy atom. The number of Topliss-reactive ketones (excluding diaryl/α,β-unsaturated/α-hetero) is 1. The largest absolute Gasteiger partial charge is 0.481 e. The van der Waals surface area contributed by atoms with E-state index >= 15 is 0 Å². The Labute approximate surface area is 157 Å². The number of allylic oxidation sites excluding steroid dienone is 2. The Morgan fingerprint density at radius 1 is 1.27 bits per heavy atom. The molecule has 26 heavy (non-hydrogen) atoms. The normalized spacial score (nSPS) is 24.3. The molecular formula is C21H36O5. The topological polar surface area (TPSA) is 94.8 Å². The molecule has 0 aromatic heterocycles. The molecule has 150 valence electrons. The minimum atomic E-state index is -0.801. The van der Waals surface area contributed by atoms with Crippen LogP contribution in [0.3, 0.4) is 0 Å². The van der Waals surface area contributed by atoms with Crippen LogP contribution in [0.2, 0.25) is 0 Å². The number of hydrogen-bond donors (Lipinski definition) is 3. The molecule has 5 nitrogen and oxygen atoms in total. The minimum Gasteiger partial charge on any atom is -0.481 e. The fourth-order valence-corrected chi connectivity index (χ4v) is 3.22. The average Bonchev–Trinajstić information content (AvgIpc) is 2.82. The Bertz CT molecular complexity index is 469. The monoisotopic (exact) mass is 368 g/mol. The van der Waals surface area contributed by atoms with Crippen LogP contribution in [0, 0.1) is 11.8 Å². The van der Waals surface area contributed by atoms with Crippen molar-refractivity contribution in [1.82, 2.24) is 0 Å². The van der Waals surface area contributed by atoms with Crippen LogP contribution in [0.15, 0.2) is 24.3 Å². The van der Waals surface area contributed by atoms with Crippen LogP contribution in [0.1, 0.15) is 72.1 Å². The molecule has 2 unspecified atom stereocenters. The molecule has 3 N–H and O–H groups in total. The van der Waals surface area contributed by atoms with E-state index in [1.165, 1.54) is 0 Å². The van der Waals surface area contributed by atoms with E-state index in [2.05, 4.69) is 6.92 Å². The molecular weight excluding hydrogens is 332 g/mol. The standard InChI is InChI=1S/C20H32O5.CH4/c1-2-3-6-9-15(21)12-13-17-16(18(22)14-19(17)23)10-7-4-5-8-11-20(24)25;/h4,7,12-13,15-17,19,21,23H,2-3,5-6,8-11,14H2,1H3,(H,24,25);1H4/b7-4-,13-12+;/t15-,16?,17?,19+;/m0./s1. The molecule has 0 bridgehead atoms. The molecule has 1 aliphatic rings. The first-order chi connectivity index (χ1) is 12.0. The van der Waals surface area contributed by atoms with Gasteiger partial charge in [0, 0.05) is 24.7 Å². The lowest BCUT2D eigenvalue weighted by atomic mass is 9.90. The number of aliphatic hydroxyl groups is 2. The number of hydrogen-bond acceptors (Lipinski definition) is 4. The summed E-state index contributed by atoms with van der Waals surface area (Å²) in [7, 11) is 0. The summed E-state index contributed by atoms with van der Waals surface area (Å²) in [6, 6.07) is 0. The summed E-state index contributed by atoms with van der Waals surface area (Å²) >= 11 is 0. The number of carboxylic acids is 1. The van der Waals surface area contributed by atoms with Crippen molar-refractivity contribution < 1.29 is 24.9 Å². The van der Waals surface area contributed by atoms with Gasteiger partial charge in [0.15, 0.2) is 0 Å². The molecule has 0 aromatic carbocycles. The van der Waals surface area contributed by atoms with E-state index in [9.17, 15) is 19.8 Å². The first-order valence-corrected chi connectivity index (χ1v) is 9.39. The molecule has 5 heteroatoms. The Kier molecular flexibility index (Phi) is 12.9. The molecule has 0 spiro atoms. The summed E-state index contributed by atoms with van der Waals surface area (Å²) in [5.41, 5.74) is 0. The van der Waals surface area contributed by atoms with Crippen LogP contribution in [-0.2, 0) is 9.59 Å². The third-order valence-corrected chi connectivity index (χ3v) is 4.71. The van der Waals surface area contributed by atoms with Gasteiger partial charge in [-0.05, 0) is 25.7 Å². The van der Waals surface area contributed by atoms with E-state index in [0.29, 0.717) is 25.7 Å². The third kappa shape index (κ3) is 9.30. The van der Waals surface area contributed by atoms with Gasteiger partial charge in [-0.15, -0.1) is 0 Å². The summed E-state index contributed by atoms with van der Waals surface area (Å²) in [6.07, 6.45) is 12.1. The van der Waals surface area contributed by atoms with Crippen molar-refractivity contribution in [3.05, 3.63) is 24.3 Å². The Morgan fingerprint density at radius 2 is 2.00 bits per heavy atom. The van der Waals surface area contributed by atoms with Gasteiger partial charge in [0.05, 0.1) is 12.2 Å². The highest BCUT2D eigenvalue weighted by atomic mass is 16.4. The highest BCUT2D eigenvalue weighted by Gasteiger charge is 2.39. The smallest absolute Gasteiger partial charge is 0.303 e. The van der Waals surface area contributed by atoms with Crippen LogP contribution < -0.4 is 0 Å². The molecule has 0 heterocycles. The van der Waals surface area contributed by atoms with E-state index in [-0.39, 0.29) is 37.9 Å². The van der Waals surface area contributed by atoms with E-state index in [1.807, 2.05) is 12.2 Å².